The van der Waals surface area contributed by atoms with Gasteiger partial charge in [0.2, 0.25) is 0 Å². The predicted octanol–water partition coefficient (Wildman–Crippen LogP) is 2.41. The number of rotatable bonds is 2. The molecule has 0 radical (unpaired) electrons. The highest BCUT2D eigenvalue weighted by Gasteiger charge is 2.09. The zero-order valence-corrected chi connectivity index (χ0v) is 9.72. The van der Waals surface area contributed by atoms with Crippen LogP contribution in [0.25, 0.3) is 10.9 Å². The lowest BCUT2D eigenvalue weighted by molar-refractivity contribution is 0.619. The lowest BCUT2D eigenvalue weighted by atomic mass is 10.3. The summed E-state index contributed by atoms with van der Waals surface area (Å²) in [7, 11) is 0. The van der Waals surface area contributed by atoms with Crippen molar-refractivity contribution in [3.63, 3.8) is 0 Å². The molecule has 5 heteroatoms. The van der Waals surface area contributed by atoms with Crippen molar-refractivity contribution in [1.29, 1.82) is 0 Å². The van der Waals surface area contributed by atoms with Crippen LogP contribution < -0.4 is 5.73 Å². The zero-order chi connectivity index (χ0) is 10.1. The van der Waals surface area contributed by atoms with Crippen LogP contribution in [0, 0.1) is 0 Å². The minimum atomic E-state index is 0.560. The smallest absolute Gasteiger partial charge is 0.112 e. The summed E-state index contributed by atoms with van der Waals surface area (Å²) in [5.74, 6) is 0. The van der Waals surface area contributed by atoms with E-state index in [1.807, 2.05) is 22.9 Å². The molecule has 0 aliphatic carbocycles. The highest BCUT2D eigenvalue weighted by Crippen LogP contribution is 2.28. The van der Waals surface area contributed by atoms with Crippen molar-refractivity contribution in [1.82, 2.24) is 9.78 Å². The summed E-state index contributed by atoms with van der Waals surface area (Å²) in [5, 5.41) is 6.04. The van der Waals surface area contributed by atoms with Crippen LogP contribution in [-0.4, -0.2) is 16.3 Å². The van der Waals surface area contributed by atoms with E-state index in [9.17, 15) is 0 Å². The quantitative estimate of drug-likeness (QED) is 0.914. The molecule has 0 saturated heterocycles. The van der Waals surface area contributed by atoms with Gasteiger partial charge in [-0.2, -0.15) is 5.10 Å². The highest BCUT2D eigenvalue weighted by atomic mass is 79.9. The van der Waals surface area contributed by atoms with E-state index in [1.54, 1.807) is 0 Å². The van der Waals surface area contributed by atoms with E-state index in [1.165, 1.54) is 0 Å². The predicted molar refractivity (Wildman–Crippen MR) is 61.5 cm³/mol. The number of nitrogens with two attached hydrogens (primary N) is 1. The van der Waals surface area contributed by atoms with E-state index in [4.69, 9.17) is 17.3 Å². The molecule has 2 rings (SSSR count). The number of fused-ring (bicyclic) bond motifs is 1. The van der Waals surface area contributed by atoms with Gasteiger partial charge < -0.3 is 5.73 Å². The number of hydrogen-bond acceptors (Lipinski definition) is 2. The Hall–Kier alpha value is -0.580. The first-order chi connectivity index (χ1) is 6.74. The van der Waals surface area contributed by atoms with E-state index in [0.717, 1.165) is 15.5 Å². The van der Waals surface area contributed by atoms with Crippen molar-refractivity contribution in [2.24, 2.45) is 5.73 Å². The zero-order valence-electron chi connectivity index (χ0n) is 7.37. The second-order valence-electron chi connectivity index (χ2n) is 2.94. The van der Waals surface area contributed by atoms with E-state index in [-0.39, 0.29) is 0 Å². The molecule has 0 saturated carbocycles. The number of nitrogens with zero attached hydrogens (tertiary/aromatic N) is 2. The van der Waals surface area contributed by atoms with Gasteiger partial charge in [-0.25, -0.2) is 0 Å². The van der Waals surface area contributed by atoms with Gasteiger partial charge in [0, 0.05) is 11.9 Å². The standard InChI is InChI=1S/C9H9BrClN3/c10-9-6-2-1-3-7(11)8(6)13-14(9)5-4-12/h1-3H,4-5,12H2. The van der Waals surface area contributed by atoms with Crippen molar-refractivity contribution in [3.8, 4) is 0 Å². The van der Waals surface area contributed by atoms with Crippen LogP contribution in [0.1, 0.15) is 0 Å². The Morgan fingerprint density at radius 2 is 2.29 bits per heavy atom. The number of halogens is 2. The molecular formula is C9H9BrClN3. The molecule has 1 aromatic carbocycles. The Labute approximate surface area is 95.0 Å². The molecule has 1 heterocycles. The molecule has 1 aromatic heterocycles. The number of hydrogen-bond donors (Lipinski definition) is 1. The molecule has 3 nitrogen and oxygen atoms in total. The molecule has 2 N–H and O–H groups in total. The fraction of sp³-hybridized carbons (Fsp3) is 0.222. The number of aromatic nitrogens is 2. The number of benzene rings is 1. The normalized spacial score (nSPS) is 11.1. The maximum Gasteiger partial charge on any atom is 0.112 e. The summed E-state index contributed by atoms with van der Waals surface area (Å²) < 4.78 is 2.75. The van der Waals surface area contributed by atoms with Gasteiger partial charge in [0.1, 0.15) is 10.1 Å². The average molecular weight is 275 g/mol. The third-order valence-electron chi connectivity index (χ3n) is 2.00. The van der Waals surface area contributed by atoms with Crippen LogP contribution in [0.5, 0.6) is 0 Å². The third kappa shape index (κ3) is 1.54. The van der Waals surface area contributed by atoms with E-state index < -0.39 is 0 Å². The van der Waals surface area contributed by atoms with Gasteiger partial charge in [0.15, 0.2) is 0 Å². The molecule has 0 atom stereocenters. The first kappa shape index (κ1) is 9.96. The molecular weight excluding hydrogens is 265 g/mol. The van der Waals surface area contributed by atoms with Gasteiger partial charge in [0.25, 0.3) is 0 Å². The Morgan fingerprint density at radius 1 is 1.50 bits per heavy atom. The first-order valence-corrected chi connectivity index (χ1v) is 5.41. The molecule has 0 bridgehead atoms. The maximum atomic E-state index is 6.01. The fourth-order valence-electron chi connectivity index (χ4n) is 1.36. The largest absolute Gasteiger partial charge is 0.329 e. The second-order valence-corrected chi connectivity index (χ2v) is 4.10. The van der Waals surface area contributed by atoms with E-state index in [2.05, 4.69) is 21.0 Å². The molecule has 74 valence electrons. The average Bonchev–Trinajstić information content (AvgIpc) is 2.48. The monoisotopic (exact) mass is 273 g/mol. The maximum absolute atomic E-state index is 6.01. The fourth-order valence-corrected chi connectivity index (χ4v) is 2.15. The second kappa shape index (κ2) is 3.88. The van der Waals surface area contributed by atoms with Gasteiger partial charge >= 0.3 is 0 Å². The third-order valence-corrected chi connectivity index (χ3v) is 3.14. The van der Waals surface area contributed by atoms with E-state index in [0.29, 0.717) is 18.1 Å². The van der Waals surface area contributed by atoms with Crippen LogP contribution in [0.3, 0.4) is 0 Å². The molecule has 0 spiro atoms. The summed E-state index contributed by atoms with van der Waals surface area (Å²) in [6.45, 7) is 1.25. The van der Waals surface area contributed by atoms with Crippen molar-refractivity contribution >= 4 is 38.4 Å². The first-order valence-electron chi connectivity index (χ1n) is 4.24. The lowest BCUT2D eigenvalue weighted by Crippen LogP contribution is -2.10. The lowest BCUT2D eigenvalue weighted by Gasteiger charge is -1.97. The molecule has 14 heavy (non-hydrogen) atoms. The summed E-state index contributed by atoms with van der Waals surface area (Å²) in [4.78, 5) is 0. The SMILES string of the molecule is NCCn1nc2c(Cl)cccc2c1Br. The Kier molecular flexibility index (Phi) is 2.76. The molecule has 0 aliphatic heterocycles. The van der Waals surface area contributed by atoms with Crippen LogP contribution >= 0.6 is 27.5 Å². The molecule has 0 amide bonds. The Morgan fingerprint density at radius 3 is 2.93 bits per heavy atom. The molecule has 0 aliphatic rings. The summed E-state index contributed by atoms with van der Waals surface area (Å²) in [6.07, 6.45) is 0. The Bertz CT molecular complexity index is 466. The Balaban J connectivity index is 2.67. The van der Waals surface area contributed by atoms with Crippen molar-refractivity contribution in [3.05, 3.63) is 27.8 Å². The van der Waals surface area contributed by atoms with Gasteiger partial charge in [-0.05, 0) is 28.1 Å². The molecule has 2 aromatic rings. The van der Waals surface area contributed by atoms with Crippen LogP contribution in [0.4, 0.5) is 0 Å². The van der Waals surface area contributed by atoms with Crippen molar-refractivity contribution < 1.29 is 0 Å². The van der Waals surface area contributed by atoms with Crippen LogP contribution in [0.2, 0.25) is 5.02 Å². The molecule has 0 unspecified atom stereocenters. The highest BCUT2D eigenvalue weighted by molar-refractivity contribution is 9.10. The van der Waals surface area contributed by atoms with E-state index >= 15 is 0 Å². The topological polar surface area (TPSA) is 43.8 Å². The van der Waals surface area contributed by atoms with Crippen LogP contribution in [0.15, 0.2) is 22.8 Å². The summed E-state index contributed by atoms with van der Waals surface area (Å²) >= 11 is 9.49. The molecule has 0 fully saturated rings. The summed E-state index contributed by atoms with van der Waals surface area (Å²) in [6, 6.07) is 5.71. The van der Waals surface area contributed by atoms with Gasteiger partial charge in [-0.3, -0.25) is 4.68 Å². The van der Waals surface area contributed by atoms with Gasteiger partial charge in [-0.1, -0.05) is 17.7 Å². The van der Waals surface area contributed by atoms with Crippen molar-refractivity contribution in [2.45, 2.75) is 6.54 Å². The minimum Gasteiger partial charge on any atom is -0.329 e. The van der Waals surface area contributed by atoms with Gasteiger partial charge in [0.05, 0.1) is 11.6 Å². The minimum absolute atomic E-state index is 0.560. The summed E-state index contributed by atoms with van der Waals surface area (Å²) in [5.41, 5.74) is 6.29. The van der Waals surface area contributed by atoms with Gasteiger partial charge in [-0.15, -0.1) is 0 Å². The van der Waals surface area contributed by atoms with Crippen LogP contribution in [-0.2, 0) is 6.54 Å². The van der Waals surface area contributed by atoms with Crippen molar-refractivity contribution in [2.75, 3.05) is 6.54 Å².